The van der Waals surface area contributed by atoms with Crippen LogP contribution in [0.15, 0.2) is 24.5 Å². The van der Waals surface area contributed by atoms with Crippen molar-refractivity contribution in [2.75, 3.05) is 13.1 Å². The molecule has 0 spiro atoms. The van der Waals surface area contributed by atoms with Crippen LogP contribution < -0.4 is 11.1 Å². The molecular weight excluding hydrogens is 224 g/mol. The standard InChI is InChI=1S/C14H20N4/c15-9-12-3-6-18-10-13(17-14(18)8-12)7-11-1-4-16-5-2-11/h3,6,8,10-11,16H,1-2,4-5,7,9,15H2. The third kappa shape index (κ3) is 2.40. The average Bonchev–Trinajstić information content (AvgIpc) is 2.80. The molecule has 1 saturated heterocycles. The van der Waals surface area contributed by atoms with Crippen LogP contribution in [0.5, 0.6) is 0 Å². The average molecular weight is 244 g/mol. The molecule has 0 radical (unpaired) electrons. The van der Waals surface area contributed by atoms with Crippen LogP contribution in [0.2, 0.25) is 0 Å². The summed E-state index contributed by atoms with van der Waals surface area (Å²) in [5.74, 6) is 0.783. The van der Waals surface area contributed by atoms with Gasteiger partial charge in [0.2, 0.25) is 0 Å². The molecule has 3 heterocycles. The molecule has 4 nitrogen and oxygen atoms in total. The van der Waals surface area contributed by atoms with Crippen LogP contribution in [-0.2, 0) is 13.0 Å². The molecule has 2 aromatic heterocycles. The first-order chi connectivity index (χ1) is 8.85. The maximum atomic E-state index is 5.65. The highest BCUT2D eigenvalue weighted by Gasteiger charge is 2.15. The molecule has 0 bridgehead atoms. The minimum atomic E-state index is 0.576. The van der Waals surface area contributed by atoms with Gasteiger partial charge >= 0.3 is 0 Å². The van der Waals surface area contributed by atoms with Crippen molar-refractivity contribution in [1.29, 1.82) is 0 Å². The van der Waals surface area contributed by atoms with E-state index < -0.39 is 0 Å². The smallest absolute Gasteiger partial charge is 0.137 e. The summed E-state index contributed by atoms with van der Waals surface area (Å²) in [5.41, 5.74) is 9.01. The number of hydrogen-bond acceptors (Lipinski definition) is 3. The van der Waals surface area contributed by atoms with Crippen molar-refractivity contribution in [3.63, 3.8) is 0 Å². The quantitative estimate of drug-likeness (QED) is 0.856. The highest BCUT2D eigenvalue weighted by Crippen LogP contribution is 2.18. The van der Waals surface area contributed by atoms with Gasteiger partial charge in [-0.1, -0.05) is 0 Å². The van der Waals surface area contributed by atoms with Crippen LogP contribution in [-0.4, -0.2) is 22.5 Å². The van der Waals surface area contributed by atoms with Gasteiger partial charge in [0, 0.05) is 18.9 Å². The van der Waals surface area contributed by atoms with Gasteiger partial charge in [-0.3, -0.25) is 0 Å². The number of pyridine rings is 1. The molecular formula is C14H20N4. The summed E-state index contributed by atoms with van der Waals surface area (Å²) in [6.45, 7) is 2.87. The zero-order chi connectivity index (χ0) is 12.4. The summed E-state index contributed by atoms with van der Waals surface area (Å²) in [6, 6.07) is 4.13. The number of imidazole rings is 1. The lowest BCUT2D eigenvalue weighted by Gasteiger charge is -2.21. The lowest BCUT2D eigenvalue weighted by molar-refractivity contribution is 0.370. The lowest BCUT2D eigenvalue weighted by Crippen LogP contribution is -2.28. The summed E-state index contributed by atoms with van der Waals surface area (Å²) in [6.07, 6.45) is 7.83. The fraction of sp³-hybridized carbons (Fsp3) is 0.500. The number of rotatable bonds is 3. The van der Waals surface area contributed by atoms with E-state index in [0.717, 1.165) is 36.6 Å². The van der Waals surface area contributed by atoms with E-state index in [9.17, 15) is 0 Å². The molecule has 0 atom stereocenters. The molecule has 1 fully saturated rings. The molecule has 2 aromatic rings. The van der Waals surface area contributed by atoms with Crippen molar-refractivity contribution in [2.45, 2.75) is 25.8 Å². The fourth-order valence-electron chi connectivity index (χ4n) is 2.68. The van der Waals surface area contributed by atoms with E-state index in [2.05, 4.69) is 34.2 Å². The first-order valence-corrected chi connectivity index (χ1v) is 6.72. The van der Waals surface area contributed by atoms with Crippen molar-refractivity contribution in [1.82, 2.24) is 14.7 Å². The van der Waals surface area contributed by atoms with Gasteiger partial charge in [-0.05, 0) is 56.0 Å². The second-order valence-electron chi connectivity index (χ2n) is 5.13. The Morgan fingerprint density at radius 3 is 3.00 bits per heavy atom. The van der Waals surface area contributed by atoms with E-state index in [4.69, 9.17) is 10.7 Å². The van der Waals surface area contributed by atoms with Crippen LogP contribution in [0.3, 0.4) is 0 Å². The Morgan fingerprint density at radius 1 is 1.39 bits per heavy atom. The van der Waals surface area contributed by atoms with Crippen molar-refractivity contribution in [3.05, 3.63) is 35.8 Å². The Morgan fingerprint density at radius 2 is 2.22 bits per heavy atom. The maximum absolute atomic E-state index is 5.65. The largest absolute Gasteiger partial charge is 0.326 e. The highest BCUT2D eigenvalue weighted by molar-refractivity contribution is 5.43. The Labute approximate surface area is 107 Å². The molecule has 1 aliphatic rings. The van der Waals surface area contributed by atoms with E-state index in [0.29, 0.717) is 6.54 Å². The molecule has 1 aliphatic heterocycles. The molecule has 0 unspecified atom stereocenters. The summed E-state index contributed by atoms with van der Waals surface area (Å²) >= 11 is 0. The van der Waals surface area contributed by atoms with Gasteiger partial charge in [0.1, 0.15) is 5.65 Å². The molecule has 0 aromatic carbocycles. The predicted octanol–water partition coefficient (Wildman–Crippen LogP) is 1.34. The second-order valence-corrected chi connectivity index (χ2v) is 5.13. The molecule has 0 amide bonds. The molecule has 3 rings (SSSR count). The molecule has 3 N–H and O–H groups in total. The van der Waals surface area contributed by atoms with Gasteiger partial charge in [0.15, 0.2) is 0 Å². The van der Waals surface area contributed by atoms with Crippen LogP contribution in [0.4, 0.5) is 0 Å². The number of fused-ring (bicyclic) bond motifs is 1. The van der Waals surface area contributed by atoms with Crippen molar-refractivity contribution < 1.29 is 0 Å². The van der Waals surface area contributed by atoms with Gasteiger partial charge < -0.3 is 15.5 Å². The van der Waals surface area contributed by atoms with Gasteiger partial charge in [0.05, 0.1) is 5.69 Å². The monoisotopic (exact) mass is 244 g/mol. The minimum absolute atomic E-state index is 0.576. The van der Waals surface area contributed by atoms with Crippen LogP contribution in [0, 0.1) is 5.92 Å². The van der Waals surface area contributed by atoms with E-state index in [1.165, 1.54) is 18.5 Å². The Bertz CT molecular complexity index is 526. The SMILES string of the molecule is NCc1ccn2cc(CC3CCNCC3)nc2c1. The van der Waals surface area contributed by atoms with E-state index in [1.54, 1.807) is 0 Å². The second kappa shape index (κ2) is 5.08. The molecule has 0 aliphatic carbocycles. The normalized spacial score (nSPS) is 17.4. The number of nitrogens with one attached hydrogen (secondary N) is 1. The van der Waals surface area contributed by atoms with E-state index >= 15 is 0 Å². The Balaban J connectivity index is 1.79. The predicted molar refractivity (Wildman–Crippen MR) is 72.4 cm³/mol. The van der Waals surface area contributed by atoms with Gasteiger partial charge in [-0.2, -0.15) is 0 Å². The third-order valence-corrected chi connectivity index (χ3v) is 3.77. The zero-order valence-electron chi connectivity index (χ0n) is 10.6. The molecule has 0 saturated carbocycles. The number of nitrogens with zero attached hydrogens (tertiary/aromatic N) is 2. The van der Waals surface area contributed by atoms with Gasteiger partial charge in [-0.15, -0.1) is 0 Å². The number of aromatic nitrogens is 2. The third-order valence-electron chi connectivity index (χ3n) is 3.77. The Kier molecular flexibility index (Phi) is 3.30. The highest BCUT2D eigenvalue weighted by atomic mass is 15.0. The van der Waals surface area contributed by atoms with Crippen molar-refractivity contribution in [3.8, 4) is 0 Å². The lowest BCUT2D eigenvalue weighted by atomic mass is 9.93. The van der Waals surface area contributed by atoms with Crippen molar-refractivity contribution in [2.24, 2.45) is 11.7 Å². The minimum Gasteiger partial charge on any atom is -0.326 e. The first kappa shape index (κ1) is 11.7. The summed E-state index contributed by atoms with van der Waals surface area (Å²) in [4.78, 5) is 4.70. The summed E-state index contributed by atoms with van der Waals surface area (Å²) < 4.78 is 2.09. The summed E-state index contributed by atoms with van der Waals surface area (Å²) in [5, 5.41) is 3.40. The van der Waals surface area contributed by atoms with Crippen LogP contribution >= 0.6 is 0 Å². The maximum Gasteiger partial charge on any atom is 0.137 e. The van der Waals surface area contributed by atoms with Gasteiger partial charge in [0.25, 0.3) is 0 Å². The number of hydrogen-bond donors (Lipinski definition) is 2. The topological polar surface area (TPSA) is 55.4 Å². The molecule has 4 heteroatoms. The van der Waals surface area contributed by atoms with E-state index in [-0.39, 0.29) is 0 Å². The van der Waals surface area contributed by atoms with Crippen LogP contribution in [0.1, 0.15) is 24.1 Å². The fourth-order valence-corrected chi connectivity index (χ4v) is 2.68. The zero-order valence-corrected chi connectivity index (χ0v) is 10.6. The summed E-state index contributed by atoms with van der Waals surface area (Å²) in [7, 11) is 0. The number of nitrogens with two attached hydrogens (primary N) is 1. The van der Waals surface area contributed by atoms with E-state index in [1.807, 2.05) is 0 Å². The van der Waals surface area contributed by atoms with Crippen LogP contribution in [0.25, 0.3) is 5.65 Å². The first-order valence-electron chi connectivity index (χ1n) is 6.72. The molecule has 18 heavy (non-hydrogen) atoms. The Hall–Kier alpha value is -1.39. The van der Waals surface area contributed by atoms with Crippen molar-refractivity contribution >= 4 is 5.65 Å². The van der Waals surface area contributed by atoms with Gasteiger partial charge in [-0.25, -0.2) is 4.98 Å². The molecule has 96 valence electrons. The number of piperidine rings is 1.